The third-order valence-electron chi connectivity index (χ3n) is 4.93. The maximum atomic E-state index is 14.6. The molecular weight excluding hydrogens is 504 g/mol. The Hall–Kier alpha value is -3.55. The largest absolute Gasteiger partial charge is 0.566 e. The molecule has 0 bridgehead atoms. The van der Waals surface area contributed by atoms with E-state index in [2.05, 4.69) is 4.65 Å². The third-order valence-corrected chi connectivity index (χ3v) is 4.93. The monoisotopic (exact) mass is 510 g/mol. The van der Waals surface area contributed by atoms with Crippen molar-refractivity contribution in [1.29, 1.82) is 0 Å². The Balaban J connectivity index is 1.85. The summed E-state index contributed by atoms with van der Waals surface area (Å²) >= 11 is 0. The predicted molar refractivity (Wildman–Crippen MR) is 97.9 cm³/mol. The highest BCUT2D eigenvalue weighted by Crippen LogP contribution is 2.46. The first-order valence-electron chi connectivity index (χ1n) is 9.25. The highest BCUT2D eigenvalue weighted by atomic mass is 19.2. The Morgan fingerprint density at radius 2 is 1.20 bits per heavy atom. The van der Waals surface area contributed by atoms with Gasteiger partial charge in [-0.1, -0.05) is 6.07 Å². The first-order valence-corrected chi connectivity index (χ1v) is 9.25. The molecule has 0 aromatic heterocycles. The van der Waals surface area contributed by atoms with Crippen LogP contribution in [-0.2, 0) is 4.65 Å². The van der Waals surface area contributed by atoms with Crippen LogP contribution in [0.15, 0.2) is 36.2 Å². The van der Waals surface area contributed by atoms with E-state index in [-0.39, 0.29) is 0 Å². The van der Waals surface area contributed by atoms with E-state index >= 15 is 0 Å². The summed E-state index contributed by atoms with van der Waals surface area (Å²) in [4.78, 5) is 0. The summed E-state index contributed by atoms with van der Waals surface area (Å²) in [7, 11) is -2.69. The van der Waals surface area contributed by atoms with Gasteiger partial charge in [0.15, 0.2) is 29.0 Å². The van der Waals surface area contributed by atoms with Crippen molar-refractivity contribution in [2.24, 2.45) is 0 Å². The zero-order valence-corrected chi connectivity index (χ0v) is 16.5. The summed E-state index contributed by atoms with van der Waals surface area (Å²) in [5, 5.41) is 0. The minimum Gasteiger partial charge on any atom is -0.528 e. The van der Waals surface area contributed by atoms with E-state index in [1.54, 1.807) is 0 Å². The average molecular weight is 510 g/mol. The van der Waals surface area contributed by atoms with Crippen molar-refractivity contribution in [2.45, 2.75) is 6.10 Å². The molecule has 0 amide bonds. The molecule has 0 saturated carbocycles. The van der Waals surface area contributed by atoms with Crippen LogP contribution in [0.4, 0.5) is 48.3 Å². The Morgan fingerprint density at radius 1 is 0.629 bits per heavy atom. The van der Waals surface area contributed by atoms with E-state index in [0.717, 1.165) is 0 Å². The zero-order valence-electron chi connectivity index (χ0n) is 16.5. The third kappa shape index (κ3) is 4.01. The van der Waals surface area contributed by atoms with Gasteiger partial charge in [0.2, 0.25) is 29.1 Å². The molecule has 35 heavy (non-hydrogen) atoms. The fraction of sp³-hybridized carbons (Fsp3) is 0.0476. The van der Waals surface area contributed by atoms with Crippen molar-refractivity contribution in [3.8, 4) is 5.75 Å². The normalized spacial score (nSPS) is 15.0. The molecule has 1 atom stereocenters. The maximum Gasteiger partial charge on any atom is 0.566 e. The summed E-state index contributed by atoms with van der Waals surface area (Å²) < 4.78 is 163. The van der Waals surface area contributed by atoms with E-state index < -0.39 is 99.6 Å². The molecule has 3 aromatic rings. The van der Waals surface area contributed by atoms with Gasteiger partial charge < -0.3 is 9.31 Å². The lowest BCUT2D eigenvalue weighted by atomic mass is 9.77. The fourth-order valence-electron chi connectivity index (χ4n) is 3.29. The van der Waals surface area contributed by atoms with Crippen LogP contribution < -0.4 is 10.1 Å². The summed E-state index contributed by atoms with van der Waals surface area (Å²) in [6.45, 7) is 0. The molecule has 4 rings (SSSR count). The van der Waals surface area contributed by atoms with Crippen LogP contribution in [0.25, 0.3) is 5.83 Å². The molecule has 14 heteroatoms. The van der Waals surface area contributed by atoms with E-state index in [4.69, 9.17) is 4.65 Å². The number of rotatable bonds is 5. The molecule has 2 nitrogen and oxygen atoms in total. The fourth-order valence-corrected chi connectivity index (χ4v) is 3.29. The summed E-state index contributed by atoms with van der Waals surface area (Å²) in [5.74, 6) is -24.6. The Bertz CT molecular complexity index is 1360. The molecule has 0 fully saturated rings. The van der Waals surface area contributed by atoms with Gasteiger partial charge in [-0.15, -0.1) is 0 Å². The van der Waals surface area contributed by atoms with Gasteiger partial charge in [-0.05, 0) is 29.8 Å². The molecular formula is C21H6BF11O2. The van der Waals surface area contributed by atoms with Gasteiger partial charge in [-0.2, -0.15) is 8.78 Å². The highest BCUT2D eigenvalue weighted by molar-refractivity contribution is 6.62. The van der Waals surface area contributed by atoms with Gasteiger partial charge in [0.1, 0.15) is 17.7 Å². The summed E-state index contributed by atoms with van der Waals surface area (Å²) in [6.07, 6.45) is -2.38. The van der Waals surface area contributed by atoms with Crippen LogP contribution in [0.5, 0.6) is 5.75 Å². The SMILES string of the molecule is FC1=C(F)C(OB(Oc2c(F)c(F)c(F)c(F)c2F)c2cc(F)ccc2F)c2ccc(F)c(F)c21. The van der Waals surface area contributed by atoms with Crippen LogP contribution >= 0.6 is 0 Å². The molecule has 0 spiro atoms. The van der Waals surface area contributed by atoms with Crippen LogP contribution in [0, 0.1) is 52.4 Å². The second-order valence-electron chi connectivity index (χ2n) is 7.02. The smallest absolute Gasteiger partial charge is 0.528 e. The Kier molecular flexibility index (Phi) is 6.26. The molecule has 1 unspecified atom stereocenters. The van der Waals surface area contributed by atoms with Gasteiger partial charge in [0.05, 0.1) is 5.56 Å². The predicted octanol–water partition coefficient (Wildman–Crippen LogP) is 6.09. The Morgan fingerprint density at radius 3 is 1.83 bits per heavy atom. The number of benzene rings is 3. The molecule has 0 N–H and O–H groups in total. The highest BCUT2D eigenvalue weighted by Gasteiger charge is 2.43. The minimum atomic E-state index is -2.69. The van der Waals surface area contributed by atoms with Gasteiger partial charge in [-0.25, -0.2) is 39.5 Å². The average Bonchev–Trinajstić information content (AvgIpc) is 3.07. The quantitative estimate of drug-likeness (QED) is 0.179. The van der Waals surface area contributed by atoms with Crippen LogP contribution in [0.2, 0.25) is 0 Å². The van der Waals surface area contributed by atoms with Crippen molar-refractivity contribution in [2.75, 3.05) is 0 Å². The van der Waals surface area contributed by atoms with Gasteiger partial charge in [-0.3, -0.25) is 0 Å². The van der Waals surface area contributed by atoms with Crippen molar-refractivity contribution in [3.05, 3.63) is 99.6 Å². The maximum absolute atomic E-state index is 14.6. The molecule has 3 aromatic carbocycles. The van der Waals surface area contributed by atoms with E-state index in [9.17, 15) is 48.3 Å². The molecule has 1 aliphatic rings. The van der Waals surface area contributed by atoms with E-state index in [1.165, 1.54) is 0 Å². The lowest BCUT2D eigenvalue weighted by molar-refractivity contribution is 0.184. The lowest BCUT2D eigenvalue weighted by Crippen LogP contribution is -2.43. The molecule has 0 saturated heterocycles. The number of hydrogen-bond acceptors (Lipinski definition) is 2. The van der Waals surface area contributed by atoms with Gasteiger partial charge >= 0.3 is 7.12 Å². The molecule has 0 radical (unpaired) electrons. The molecule has 182 valence electrons. The topological polar surface area (TPSA) is 18.5 Å². The van der Waals surface area contributed by atoms with Crippen LogP contribution in [0.3, 0.4) is 0 Å². The van der Waals surface area contributed by atoms with Gasteiger partial charge in [0.25, 0.3) is 0 Å². The van der Waals surface area contributed by atoms with E-state index in [0.29, 0.717) is 30.3 Å². The van der Waals surface area contributed by atoms with Crippen molar-refractivity contribution >= 4 is 18.4 Å². The summed E-state index contributed by atoms with van der Waals surface area (Å²) in [5.41, 5.74) is -3.05. The molecule has 0 heterocycles. The van der Waals surface area contributed by atoms with Crippen molar-refractivity contribution in [3.63, 3.8) is 0 Å². The number of halogens is 11. The standard InChI is InChI=1S/C21H6BF11O2/c23-6-1-3-9(24)8(5-6)22(35-21-18(32)15(29)14(28)16(30)19(21)33)34-20-7-2-4-10(25)12(26)11(7)13(27)17(20)31/h1-5,20H. The molecule has 1 aliphatic carbocycles. The van der Waals surface area contributed by atoms with E-state index in [1.807, 2.05) is 0 Å². The van der Waals surface area contributed by atoms with Crippen molar-refractivity contribution < 1.29 is 57.6 Å². The first-order chi connectivity index (χ1) is 16.4. The minimum absolute atomic E-state index is 0.311. The zero-order chi connectivity index (χ0) is 25.8. The summed E-state index contributed by atoms with van der Waals surface area (Å²) in [6, 6.07) is 2.43. The number of fused-ring (bicyclic) bond motifs is 1. The molecule has 0 aliphatic heterocycles. The number of hydrogen-bond donors (Lipinski definition) is 0. The van der Waals surface area contributed by atoms with Crippen molar-refractivity contribution in [1.82, 2.24) is 0 Å². The Labute approximate surface area is 188 Å². The van der Waals surface area contributed by atoms with Crippen LogP contribution in [0.1, 0.15) is 17.2 Å². The van der Waals surface area contributed by atoms with Crippen LogP contribution in [-0.4, -0.2) is 7.12 Å². The second-order valence-corrected chi connectivity index (χ2v) is 7.02. The first kappa shape index (κ1) is 24.6. The second kappa shape index (κ2) is 8.91. The lowest BCUT2D eigenvalue weighted by Gasteiger charge is -2.22. The van der Waals surface area contributed by atoms with Gasteiger partial charge in [0, 0.05) is 5.46 Å².